The van der Waals surface area contributed by atoms with Crippen LogP contribution >= 0.6 is 0 Å². The Bertz CT molecular complexity index is 256. The molecule has 0 saturated carbocycles. The minimum Gasteiger partial charge on any atom is -0.383 e. The maximum absolute atomic E-state index is 11.6. The lowest BCUT2D eigenvalue weighted by Crippen LogP contribution is -2.52. The molecule has 0 bridgehead atoms. The molecule has 2 atom stereocenters. The Morgan fingerprint density at radius 2 is 1.82 bits per heavy atom. The van der Waals surface area contributed by atoms with E-state index >= 15 is 0 Å². The third kappa shape index (κ3) is 6.23. The highest BCUT2D eigenvalue weighted by molar-refractivity contribution is 5.89. The molecule has 0 rings (SSSR count). The fourth-order valence-corrected chi connectivity index (χ4v) is 1.11. The Morgan fingerprint density at radius 1 is 1.24 bits per heavy atom. The normalized spacial score (nSPS) is 14.2. The van der Waals surface area contributed by atoms with Gasteiger partial charge in [-0.25, -0.2) is 0 Å². The van der Waals surface area contributed by atoms with E-state index in [-0.39, 0.29) is 17.7 Å². The predicted octanol–water partition coefficient (Wildman–Crippen LogP) is -0.763. The zero-order valence-electron chi connectivity index (χ0n) is 10.9. The van der Waals surface area contributed by atoms with E-state index in [1.165, 1.54) is 0 Å². The van der Waals surface area contributed by atoms with E-state index in [0.717, 1.165) is 0 Å². The molecule has 2 amide bonds. The quantitative estimate of drug-likeness (QED) is 0.514. The van der Waals surface area contributed by atoms with Crippen molar-refractivity contribution < 1.29 is 14.3 Å². The minimum absolute atomic E-state index is 0.0405. The molecule has 17 heavy (non-hydrogen) atoms. The van der Waals surface area contributed by atoms with Crippen molar-refractivity contribution in [3.63, 3.8) is 0 Å². The highest BCUT2D eigenvalue weighted by atomic mass is 16.5. The van der Waals surface area contributed by atoms with Crippen molar-refractivity contribution in [2.24, 2.45) is 11.7 Å². The summed E-state index contributed by atoms with van der Waals surface area (Å²) in [5.41, 5.74) is 5.67. The van der Waals surface area contributed by atoms with E-state index in [4.69, 9.17) is 10.5 Å². The van der Waals surface area contributed by atoms with Crippen molar-refractivity contribution >= 4 is 11.8 Å². The molecule has 4 N–H and O–H groups in total. The Balaban J connectivity index is 4.03. The highest BCUT2D eigenvalue weighted by Gasteiger charge is 2.21. The molecule has 6 nitrogen and oxygen atoms in total. The van der Waals surface area contributed by atoms with E-state index in [1.54, 1.807) is 14.0 Å². The van der Waals surface area contributed by atoms with Gasteiger partial charge in [0.2, 0.25) is 11.8 Å². The van der Waals surface area contributed by atoms with Gasteiger partial charge < -0.3 is 21.1 Å². The van der Waals surface area contributed by atoms with Gasteiger partial charge in [0.15, 0.2) is 0 Å². The number of amides is 2. The first-order chi connectivity index (χ1) is 7.90. The third-order valence-corrected chi connectivity index (χ3v) is 2.38. The van der Waals surface area contributed by atoms with Crippen LogP contribution in [-0.4, -0.2) is 44.2 Å². The number of ether oxygens (including phenoxy) is 1. The third-order valence-electron chi connectivity index (χ3n) is 2.38. The average molecular weight is 245 g/mol. The number of carbonyl (C=O) groups excluding carboxylic acids is 2. The topological polar surface area (TPSA) is 93.5 Å². The second kappa shape index (κ2) is 8.03. The lowest BCUT2D eigenvalue weighted by Gasteiger charge is -2.19. The second-order valence-corrected chi connectivity index (χ2v) is 4.28. The van der Waals surface area contributed by atoms with Crippen molar-refractivity contribution in [1.29, 1.82) is 0 Å². The summed E-state index contributed by atoms with van der Waals surface area (Å²) in [5, 5.41) is 5.21. The van der Waals surface area contributed by atoms with Gasteiger partial charge in [0, 0.05) is 13.7 Å². The summed E-state index contributed by atoms with van der Waals surface area (Å²) in [4.78, 5) is 23.1. The summed E-state index contributed by atoms with van der Waals surface area (Å²) in [6.45, 7) is 6.19. The van der Waals surface area contributed by atoms with Gasteiger partial charge in [-0.2, -0.15) is 0 Å². The second-order valence-electron chi connectivity index (χ2n) is 4.28. The molecule has 0 aliphatic rings. The summed E-state index contributed by atoms with van der Waals surface area (Å²) >= 11 is 0. The molecule has 100 valence electrons. The number of hydrogen-bond donors (Lipinski definition) is 3. The largest absolute Gasteiger partial charge is 0.383 e. The first kappa shape index (κ1) is 15.9. The molecule has 0 heterocycles. The monoisotopic (exact) mass is 245 g/mol. The van der Waals surface area contributed by atoms with Crippen LogP contribution in [0.1, 0.15) is 20.8 Å². The molecular weight excluding hydrogens is 222 g/mol. The number of carbonyl (C=O) groups is 2. The molecule has 0 aliphatic heterocycles. The van der Waals surface area contributed by atoms with Crippen LogP contribution in [0.25, 0.3) is 0 Å². The standard InChI is InChI=1S/C11H23N3O3/c1-7(2)9(12)11(16)14-8(3)10(15)13-5-6-17-4/h7-9H,5-6,12H2,1-4H3,(H,13,15)(H,14,16)/t8?,9-/m1/s1. The van der Waals surface area contributed by atoms with Crippen LogP contribution in [0, 0.1) is 5.92 Å². The maximum atomic E-state index is 11.6. The first-order valence-corrected chi connectivity index (χ1v) is 5.72. The van der Waals surface area contributed by atoms with Gasteiger partial charge in [-0.15, -0.1) is 0 Å². The molecule has 0 spiro atoms. The molecule has 0 aliphatic carbocycles. The van der Waals surface area contributed by atoms with Gasteiger partial charge in [-0.05, 0) is 12.8 Å². The number of nitrogens with two attached hydrogens (primary N) is 1. The van der Waals surface area contributed by atoms with E-state index in [9.17, 15) is 9.59 Å². The number of hydrogen-bond acceptors (Lipinski definition) is 4. The van der Waals surface area contributed by atoms with Crippen molar-refractivity contribution in [1.82, 2.24) is 10.6 Å². The number of rotatable bonds is 7. The van der Waals surface area contributed by atoms with Crippen LogP contribution in [0.5, 0.6) is 0 Å². The van der Waals surface area contributed by atoms with Crippen molar-refractivity contribution in [3.05, 3.63) is 0 Å². The van der Waals surface area contributed by atoms with E-state index in [1.807, 2.05) is 13.8 Å². The van der Waals surface area contributed by atoms with Crippen molar-refractivity contribution in [2.45, 2.75) is 32.9 Å². The van der Waals surface area contributed by atoms with Crippen LogP contribution in [0.2, 0.25) is 0 Å². The zero-order chi connectivity index (χ0) is 13.4. The van der Waals surface area contributed by atoms with Crippen LogP contribution in [0.4, 0.5) is 0 Å². The molecule has 0 radical (unpaired) electrons. The van der Waals surface area contributed by atoms with Crippen LogP contribution in [-0.2, 0) is 14.3 Å². The van der Waals surface area contributed by atoms with Gasteiger partial charge in [0.05, 0.1) is 12.6 Å². The smallest absolute Gasteiger partial charge is 0.242 e. The molecule has 1 unspecified atom stereocenters. The fraction of sp³-hybridized carbons (Fsp3) is 0.818. The van der Waals surface area contributed by atoms with Crippen LogP contribution in [0.15, 0.2) is 0 Å². The lowest BCUT2D eigenvalue weighted by molar-refractivity contribution is -0.129. The molecule has 0 aromatic heterocycles. The summed E-state index contributed by atoms with van der Waals surface area (Å²) in [7, 11) is 1.55. The Hall–Kier alpha value is -1.14. The zero-order valence-corrected chi connectivity index (χ0v) is 10.9. The summed E-state index contributed by atoms with van der Waals surface area (Å²) in [6.07, 6.45) is 0. The van der Waals surface area contributed by atoms with Gasteiger partial charge >= 0.3 is 0 Å². The molecule has 6 heteroatoms. The highest BCUT2D eigenvalue weighted by Crippen LogP contribution is 1.98. The lowest BCUT2D eigenvalue weighted by atomic mass is 10.0. The Labute approximate surface area is 102 Å². The van der Waals surface area contributed by atoms with E-state index in [2.05, 4.69) is 10.6 Å². The van der Waals surface area contributed by atoms with Crippen LogP contribution < -0.4 is 16.4 Å². The summed E-state index contributed by atoms with van der Waals surface area (Å²) in [5.74, 6) is -0.514. The summed E-state index contributed by atoms with van der Waals surface area (Å²) < 4.78 is 4.80. The molecule has 0 saturated heterocycles. The summed E-state index contributed by atoms with van der Waals surface area (Å²) in [6, 6.07) is -1.19. The Kier molecular flexibility index (Phi) is 7.49. The average Bonchev–Trinajstić information content (AvgIpc) is 2.27. The van der Waals surface area contributed by atoms with Gasteiger partial charge in [0.1, 0.15) is 6.04 Å². The molecule has 0 fully saturated rings. The number of nitrogens with one attached hydrogen (secondary N) is 2. The first-order valence-electron chi connectivity index (χ1n) is 5.72. The van der Waals surface area contributed by atoms with E-state index in [0.29, 0.717) is 13.2 Å². The van der Waals surface area contributed by atoms with Crippen molar-refractivity contribution in [2.75, 3.05) is 20.3 Å². The minimum atomic E-state index is -0.593. The van der Waals surface area contributed by atoms with Crippen molar-refractivity contribution in [3.8, 4) is 0 Å². The fourth-order valence-electron chi connectivity index (χ4n) is 1.11. The van der Waals surface area contributed by atoms with Gasteiger partial charge in [-0.1, -0.05) is 13.8 Å². The Morgan fingerprint density at radius 3 is 2.29 bits per heavy atom. The number of methoxy groups -OCH3 is 1. The van der Waals surface area contributed by atoms with Gasteiger partial charge in [-0.3, -0.25) is 9.59 Å². The molecule has 0 aromatic carbocycles. The van der Waals surface area contributed by atoms with Gasteiger partial charge in [0.25, 0.3) is 0 Å². The SMILES string of the molecule is COCCNC(=O)C(C)NC(=O)[C@H](N)C(C)C. The molecule has 0 aromatic rings. The maximum Gasteiger partial charge on any atom is 0.242 e. The van der Waals surface area contributed by atoms with Crippen LogP contribution in [0.3, 0.4) is 0 Å². The van der Waals surface area contributed by atoms with E-state index < -0.39 is 12.1 Å². The predicted molar refractivity (Wildman–Crippen MR) is 65.3 cm³/mol. The molecular formula is C11H23N3O3.